The summed E-state index contributed by atoms with van der Waals surface area (Å²) in [6, 6.07) is 6.09. The molecule has 0 saturated heterocycles. The van der Waals surface area contributed by atoms with E-state index in [1.807, 2.05) is 0 Å². The Balaban J connectivity index is 2.41. The SMILES string of the molecule is CCOc1nc(N)n(-c2cccc([N+](=O)[O-])c2)n1. The third-order valence-corrected chi connectivity index (χ3v) is 2.17. The van der Waals surface area contributed by atoms with Gasteiger partial charge in [-0.3, -0.25) is 10.1 Å². The van der Waals surface area contributed by atoms with E-state index in [-0.39, 0.29) is 17.6 Å². The van der Waals surface area contributed by atoms with Gasteiger partial charge in [0.15, 0.2) is 0 Å². The van der Waals surface area contributed by atoms with Gasteiger partial charge >= 0.3 is 6.01 Å². The molecule has 1 aromatic heterocycles. The van der Waals surface area contributed by atoms with Crippen molar-refractivity contribution >= 4 is 11.6 Å². The monoisotopic (exact) mass is 249 g/mol. The number of benzene rings is 1. The highest BCUT2D eigenvalue weighted by Gasteiger charge is 2.12. The predicted molar refractivity (Wildman–Crippen MR) is 63.6 cm³/mol. The van der Waals surface area contributed by atoms with Crippen LogP contribution < -0.4 is 10.5 Å². The first-order chi connectivity index (χ1) is 8.61. The maximum Gasteiger partial charge on any atom is 0.337 e. The number of hydrogen-bond acceptors (Lipinski definition) is 6. The molecule has 0 atom stereocenters. The van der Waals surface area contributed by atoms with Crippen LogP contribution in [0.4, 0.5) is 11.6 Å². The van der Waals surface area contributed by atoms with Gasteiger partial charge in [0.1, 0.15) is 0 Å². The predicted octanol–water partition coefficient (Wildman–Crippen LogP) is 1.16. The summed E-state index contributed by atoms with van der Waals surface area (Å²) in [6.45, 7) is 2.21. The molecule has 0 aliphatic carbocycles. The van der Waals surface area contributed by atoms with E-state index in [1.165, 1.54) is 16.8 Å². The summed E-state index contributed by atoms with van der Waals surface area (Å²) in [5.74, 6) is 0.110. The zero-order valence-corrected chi connectivity index (χ0v) is 9.61. The summed E-state index contributed by atoms with van der Waals surface area (Å²) in [6.07, 6.45) is 0. The first-order valence-corrected chi connectivity index (χ1v) is 5.22. The van der Waals surface area contributed by atoms with Crippen molar-refractivity contribution in [1.82, 2.24) is 14.8 Å². The molecule has 18 heavy (non-hydrogen) atoms. The molecule has 2 rings (SSSR count). The van der Waals surface area contributed by atoms with E-state index in [0.29, 0.717) is 12.3 Å². The van der Waals surface area contributed by atoms with Crippen LogP contribution in [0.3, 0.4) is 0 Å². The number of anilines is 1. The molecule has 0 aliphatic rings. The summed E-state index contributed by atoms with van der Waals surface area (Å²) in [5.41, 5.74) is 6.09. The minimum Gasteiger partial charge on any atom is -0.463 e. The van der Waals surface area contributed by atoms with Crippen molar-refractivity contribution in [1.29, 1.82) is 0 Å². The highest BCUT2D eigenvalue weighted by molar-refractivity contribution is 5.45. The normalized spacial score (nSPS) is 10.3. The van der Waals surface area contributed by atoms with E-state index in [9.17, 15) is 10.1 Å². The summed E-state index contributed by atoms with van der Waals surface area (Å²) < 4.78 is 6.40. The average molecular weight is 249 g/mol. The fourth-order valence-corrected chi connectivity index (χ4v) is 1.42. The molecule has 0 fully saturated rings. The van der Waals surface area contributed by atoms with Crippen LogP contribution in [0, 0.1) is 10.1 Å². The average Bonchev–Trinajstić information content (AvgIpc) is 2.71. The molecule has 0 aliphatic heterocycles. The number of nitro benzene ring substituents is 1. The van der Waals surface area contributed by atoms with Crippen molar-refractivity contribution in [2.24, 2.45) is 0 Å². The highest BCUT2D eigenvalue weighted by atomic mass is 16.6. The van der Waals surface area contributed by atoms with Crippen molar-refractivity contribution in [2.45, 2.75) is 6.92 Å². The number of aromatic nitrogens is 3. The van der Waals surface area contributed by atoms with Gasteiger partial charge in [-0.05, 0) is 13.0 Å². The second kappa shape index (κ2) is 4.70. The summed E-state index contributed by atoms with van der Waals surface area (Å²) in [4.78, 5) is 14.1. The molecular weight excluding hydrogens is 238 g/mol. The molecule has 0 spiro atoms. The Morgan fingerprint density at radius 1 is 1.56 bits per heavy atom. The minimum atomic E-state index is -0.486. The second-order valence-corrected chi connectivity index (χ2v) is 3.37. The molecule has 1 heterocycles. The Morgan fingerprint density at radius 3 is 3.00 bits per heavy atom. The molecule has 94 valence electrons. The fraction of sp³-hybridized carbons (Fsp3) is 0.200. The number of ether oxygens (including phenoxy) is 1. The van der Waals surface area contributed by atoms with Crippen molar-refractivity contribution in [3.63, 3.8) is 0 Å². The van der Waals surface area contributed by atoms with Gasteiger partial charge in [0, 0.05) is 12.1 Å². The smallest absolute Gasteiger partial charge is 0.337 e. The number of rotatable bonds is 4. The molecule has 0 amide bonds. The maximum absolute atomic E-state index is 10.7. The van der Waals surface area contributed by atoms with Gasteiger partial charge in [0.05, 0.1) is 17.2 Å². The molecule has 0 radical (unpaired) electrons. The van der Waals surface area contributed by atoms with Gasteiger partial charge < -0.3 is 10.5 Å². The largest absolute Gasteiger partial charge is 0.463 e. The van der Waals surface area contributed by atoms with Gasteiger partial charge in [0.25, 0.3) is 5.69 Å². The standard InChI is InChI=1S/C10H11N5O3/c1-2-18-10-12-9(11)14(13-10)7-4-3-5-8(6-7)15(16)17/h3-6H,2H2,1H3,(H2,11,12,13). The van der Waals surface area contributed by atoms with Crippen LogP contribution in [0.2, 0.25) is 0 Å². The zero-order valence-electron chi connectivity index (χ0n) is 9.61. The molecule has 2 N–H and O–H groups in total. The number of nitrogens with zero attached hydrogens (tertiary/aromatic N) is 4. The third kappa shape index (κ3) is 2.21. The lowest BCUT2D eigenvalue weighted by molar-refractivity contribution is -0.384. The Hall–Kier alpha value is -2.64. The van der Waals surface area contributed by atoms with Crippen molar-refractivity contribution < 1.29 is 9.66 Å². The lowest BCUT2D eigenvalue weighted by atomic mass is 10.3. The van der Waals surface area contributed by atoms with E-state index in [2.05, 4.69) is 10.1 Å². The number of non-ortho nitro benzene ring substituents is 1. The van der Waals surface area contributed by atoms with E-state index < -0.39 is 4.92 Å². The van der Waals surface area contributed by atoms with Gasteiger partial charge in [-0.15, -0.1) is 5.10 Å². The Bertz CT molecular complexity index is 581. The number of nitro groups is 1. The minimum absolute atomic E-state index is 0.0413. The lowest BCUT2D eigenvalue weighted by Gasteiger charge is -2.01. The summed E-state index contributed by atoms with van der Waals surface area (Å²) in [5, 5.41) is 14.7. The number of hydrogen-bond donors (Lipinski definition) is 1. The molecule has 0 bridgehead atoms. The molecule has 1 aromatic carbocycles. The topological polar surface area (TPSA) is 109 Å². The fourth-order valence-electron chi connectivity index (χ4n) is 1.42. The van der Waals surface area contributed by atoms with Crippen molar-refractivity contribution in [3.05, 3.63) is 34.4 Å². The van der Waals surface area contributed by atoms with Crippen LogP contribution in [0.15, 0.2) is 24.3 Å². The Kier molecular flexibility index (Phi) is 3.09. The first-order valence-electron chi connectivity index (χ1n) is 5.22. The van der Waals surface area contributed by atoms with Gasteiger partial charge in [-0.25, -0.2) is 0 Å². The van der Waals surface area contributed by atoms with Gasteiger partial charge in [0.2, 0.25) is 5.95 Å². The lowest BCUT2D eigenvalue weighted by Crippen LogP contribution is -2.03. The number of nitrogen functional groups attached to an aromatic ring is 1. The Labute approximate surface area is 102 Å². The second-order valence-electron chi connectivity index (χ2n) is 3.37. The van der Waals surface area contributed by atoms with Gasteiger partial charge in [-0.2, -0.15) is 9.67 Å². The van der Waals surface area contributed by atoms with E-state index in [1.54, 1.807) is 19.1 Å². The quantitative estimate of drug-likeness (QED) is 0.643. The molecule has 0 saturated carbocycles. The van der Waals surface area contributed by atoms with Crippen LogP contribution in [0.25, 0.3) is 5.69 Å². The van der Waals surface area contributed by atoms with Crippen LogP contribution in [0.1, 0.15) is 6.92 Å². The van der Waals surface area contributed by atoms with Crippen molar-refractivity contribution in [3.8, 4) is 11.7 Å². The van der Waals surface area contributed by atoms with Crippen LogP contribution >= 0.6 is 0 Å². The summed E-state index contributed by atoms with van der Waals surface area (Å²) in [7, 11) is 0. The van der Waals surface area contributed by atoms with Crippen LogP contribution in [-0.2, 0) is 0 Å². The molecule has 2 aromatic rings. The zero-order chi connectivity index (χ0) is 13.1. The van der Waals surface area contributed by atoms with Crippen LogP contribution in [-0.4, -0.2) is 26.3 Å². The first kappa shape index (κ1) is 11.8. The van der Waals surface area contributed by atoms with E-state index in [0.717, 1.165) is 0 Å². The maximum atomic E-state index is 10.7. The highest BCUT2D eigenvalue weighted by Crippen LogP contribution is 2.19. The van der Waals surface area contributed by atoms with Gasteiger partial charge in [-0.1, -0.05) is 6.07 Å². The molecular formula is C10H11N5O3. The molecule has 8 nitrogen and oxygen atoms in total. The molecule has 0 unspecified atom stereocenters. The third-order valence-electron chi connectivity index (χ3n) is 2.17. The van der Waals surface area contributed by atoms with Crippen molar-refractivity contribution in [2.75, 3.05) is 12.3 Å². The van der Waals surface area contributed by atoms with Crippen LogP contribution in [0.5, 0.6) is 6.01 Å². The summed E-state index contributed by atoms with van der Waals surface area (Å²) >= 11 is 0. The van der Waals surface area contributed by atoms with E-state index in [4.69, 9.17) is 10.5 Å². The Morgan fingerprint density at radius 2 is 2.33 bits per heavy atom. The van der Waals surface area contributed by atoms with E-state index >= 15 is 0 Å². The molecule has 8 heteroatoms. The number of nitrogens with two attached hydrogens (primary N) is 1.